The lowest BCUT2D eigenvalue weighted by Gasteiger charge is -2.35. The second-order valence-electron chi connectivity index (χ2n) is 4.70. The maximum Gasteiger partial charge on any atom is 0.0905 e. The molecule has 1 aliphatic rings. The van der Waals surface area contributed by atoms with E-state index in [2.05, 4.69) is 19.7 Å². The van der Waals surface area contributed by atoms with E-state index in [1.165, 1.54) is 25.2 Å². The van der Waals surface area contributed by atoms with Crippen LogP contribution in [-0.2, 0) is 14.2 Å². The number of hydrogen-bond acceptors (Lipinski definition) is 3. The Labute approximate surface area is 110 Å². The summed E-state index contributed by atoms with van der Waals surface area (Å²) in [6.45, 7) is 12.9. The minimum atomic E-state index is 0.495. The Bertz CT molecular complexity index is 262. The second kappa shape index (κ2) is 8.67. The molecule has 3 nitrogen and oxygen atoms in total. The first-order chi connectivity index (χ1) is 8.81. The number of ether oxygens (including phenoxy) is 3. The predicted octanol–water partition coefficient (Wildman–Crippen LogP) is 3.50. The van der Waals surface area contributed by atoms with Gasteiger partial charge in [-0.15, -0.1) is 0 Å². The van der Waals surface area contributed by atoms with Gasteiger partial charge in [-0.05, 0) is 37.0 Å². The van der Waals surface area contributed by atoms with Crippen LogP contribution in [0.5, 0.6) is 0 Å². The van der Waals surface area contributed by atoms with Crippen molar-refractivity contribution in [2.75, 3.05) is 19.8 Å². The third-order valence-electron chi connectivity index (χ3n) is 3.55. The highest BCUT2D eigenvalue weighted by Gasteiger charge is 2.31. The maximum atomic E-state index is 5.36. The van der Waals surface area contributed by atoms with Gasteiger partial charge in [-0.1, -0.05) is 19.7 Å². The average molecular weight is 252 g/mol. The molecule has 3 heteroatoms. The Kier molecular flexibility index (Phi) is 7.07. The smallest absolute Gasteiger partial charge is 0.0905 e. The van der Waals surface area contributed by atoms with E-state index >= 15 is 0 Å². The molecule has 1 rings (SSSR count). The van der Waals surface area contributed by atoms with Crippen LogP contribution >= 0.6 is 0 Å². The van der Waals surface area contributed by atoms with Gasteiger partial charge in [-0.25, -0.2) is 0 Å². The van der Waals surface area contributed by atoms with Crippen LogP contribution in [0, 0.1) is 17.8 Å². The summed E-state index contributed by atoms with van der Waals surface area (Å²) in [7, 11) is 0. The highest BCUT2D eigenvalue weighted by molar-refractivity contribution is 4.81. The van der Waals surface area contributed by atoms with E-state index in [1.54, 1.807) is 0 Å². The van der Waals surface area contributed by atoms with Crippen LogP contribution in [0.2, 0.25) is 0 Å². The van der Waals surface area contributed by atoms with Crippen LogP contribution in [0.15, 0.2) is 38.5 Å². The van der Waals surface area contributed by atoms with E-state index in [9.17, 15) is 0 Å². The van der Waals surface area contributed by atoms with Crippen LogP contribution in [0.3, 0.4) is 0 Å². The molecule has 0 N–H and O–H groups in total. The van der Waals surface area contributed by atoms with E-state index < -0.39 is 0 Å². The van der Waals surface area contributed by atoms with Crippen molar-refractivity contribution < 1.29 is 14.2 Å². The van der Waals surface area contributed by atoms with E-state index in [0.717, 1.165) is 26.1 Å². The minimum Gasteiger partial charge on any atom is -0.502 e. The molecule has 3 unspecified atom stereocenters. The fraction of sp³-hybridized carbons (Fsp3) is 0.600. The number of rotatable bonds is 9. The first-order valence-corrected chi connectivity index (χ1v) is 6.49. The zero-order chi connectivity index (χ0) is 13.2. The van der Waals surface area contributed by atoms with Crippen molar-refractivity contribution in [1.82, 2.24) is 0 Å². The minimum absolute atomic E-state index is 0.495. The van der Waals surface area contributed by atoms with E-state index in [1.807, 2.05) is 0 Å². The normalized spacial score (nSPS) is 27.0. The molecule has 0 amide bonds. The lowest BCUT2D eigenvalue weighted by atomic mass is 9.75. The molecule has 0 aromatic rings. The Hall–Kier alpha value is -1.38. The van der Waals surface area contributed by atoms with Gasteiger partial charge in [-0.2, -0.15) is 0 Å². The van der Waals surface area contributed by atoms with E-state index in [-0.39, 0.29) is 0 Å². The molecule has 1 aliphatic carbocycles. The third-order valence-corrected chi connectivity index (χ3v) is 3.55. The SMILES string of the molecule is C=COCC1CCC(COC=C)C(COC=C)C1. The fourth-order valence-corrected chi connectivity index (χ4v) is 2.59. The highest BCUT2D eigenvalue weighted by Crippen LogP contribution is 2.34. The second-order valence-corrected chi connectivity index (χ2v) is 4.70. The van der Waals surface area contributed by atoms with Gasteiger partial charge in [0.15, 0.2) is 0 Å². The molecule has 102 valence electrons. The maximum absolute atomic E-state index is 5.36. The molecule has 0 aromatic heterocycles. The largest absolute Gasteiger partial charge is 0.502 e. The molecular formula is C15H24O3. The lowest BCUT2D eigenvalue weighted by molar-refractivity contribution is 0.0361. The summed E-state index contributed by atoms with van der Waals surface area (Å²) in [4.78, 5) is 0. The lowest BCUT2D eigenvalue weighted by Crippen LogP contribution is -2.32. The predicted molar refractivity (Wildman–Crippen MR) is 72.8 cm³/mol. The molecule has 0 aromatic carbocycles. The summed E-state index contributed by atoms with van der Waals surface area (Å²) in [5.74, 6) is 1.61. The van der Waals surface area contributed by atoms with Gasteiger partial charge < -0.3 is 14.2 Å². The highest BCUT2D eigenvalue weighted by atomic mass is 16.5. The van der Waals surface area contributed by atoms with E-state index in [0.29, 0.717) is 24.4 Å². The van der Waals surface area contributed by atoms with Crippen molar-refractivity contribution in [1.29, 1.82) is 0 Å². The molecule has 18 heavy (non-hydrogen) atoms. The van der Waals surface area contributed by atoms with Gasteiger partial charge in [0.1, 0.15) is 0 Å². The average Bonchev–Trinajstić information content (AvgIpc) is 2.41. The summed E-state index contributed by atoms with van der Waals surface area (Å²) in [5.41, 5.74) is 0. The monoisotopic (exact) mass is 252 g/mol. The summed E-state index contributed by atoms with van der Waals surface area (Å²) < 4.78 is 16.0. The molecule has 3 atom stereocenters. The molecule has 0 saturated heterocycles. The summed E-state index contributed by atoms with van der Waals surface area (Å²) in [5, 5.41) is 0. The van der Waals surface area contributed by atoms with Crippen LogP contribution in [-0.4, -0.2) is 19.8 Å². The Morgan fingerprint density at radius 3 is 1.94 bits per heavy atom. The molecule has 1 fully saturated rings. The van der Waals surface area contributed by atoms with Crippen molar-refractivity contribution >= 4 is 0 Å². The van der Waals surface area contributed by atoms with Crippen molar-refractivity contribution in [3.63, 3.8) is 0 Å². The van der Waals surface area contributed by atoms with Gasteiger partial charge in [0.2, 0.25) is 0 Å². The van der Waals surface area contributed by atoms with Crippen molar-refractivity contribution in [2.45, 2.75) is 19.3 Å². The summed E-state index contributed by atoms with van der Waals surface area (Å²) in [6, 6.07) is 0. The van der Waals surface area contributed by atoms with Gasteiger partial charge in [0, 0.05) is 0 Å². The fourth-order valence-electron chi connectivity index (χ4n) is 2.59. The first kappa shape index (κ1) is 14.7. The van der Waals surface area contributed by atoms with Crippen molar-refractivity contribution in [3.8, 4) is 0 Å². The van der Waals surface area contributed by atoms with Gasteiger partial charge >= 0.3 is 0 Å². The molecular weight excluding hydrogens is 228 g/mol. The quantitative estimate of drug-likeness (QED) is 0.588. The van der Waals surface area contributed by atoms with Crippen LogP contribution in [0.4, 0.5) is 0 Å². The van der Waals surface area contributed by atoms with Crippen LogP contribution < -0.4 is 0 Å². The molecule has 0 bridgehead atoms. The molecule has 0 radical (unpaired) electrons. The van der Waals surface area contributed by atoms with Crippen LogP contribution in [0.1, 0.15) is 19.3 Å². The standard InChI is InChI=1S/C15H24O3/c1-4-16-10-13-7-8-14(11-17-5-2)15(9-13)12-18-6-3/h4-6,13-15H,1-3,7-12H2. The zero-order valence-corrected chi connectivity index (χ0v) is 11.1. The topological polar surface area (TPSA) is 27.7 Å². The molecule has 1 saturated carbocycles. The van der Waals surface area contributed by atoms with Gasteiger partial charge in [0.25, 0.3) is 0 Å². The zero-order valence-electron chi connectivity index (χ0n) is 11.1. The molecule has 0 spiro atoms. The third kappa shape index (κ3) is 4.86. The van der Waals surface area contributed by atoms with Gasteiger partial charge in [-0.3, -0.25) is 0 Å². The summed E-state index contributed by atoms with van der Waals surface area (Å²) >= 11 is 0. The van der Waals surface area contributed by atoms with Crippen LogP contribution in [0.25, 0.3) is 0 Å². The number of hydrogen-bond donors (Lipinski definition) is 0. The molecule has 0 aliphatic heterocycles. The van der Waals surface area contributed by atoms with Gasteiger partial charge in [0.05, 0.1) is 38.6 Å². The molecule has 0 heterocycles. The Morgan fingerprint density at radius 2 is 1.33 bits per heavy atom. The summed E-state index contributed by atoms with van der Waals surface area (Å²) in [6.07, 6.45) is 7.95. The Balaban J connectivity index is 2.45. The first-order valence-electron chi connectivity index (χ1n) is 6.49. The Morgan fingerprint density at radius 1 is 0.778 bits per heavy atom. The van der Waals surface area contributed by atoms with Crippen molar-refractivity contribution in [3.05, 3.63) is 38.5 Å². The van der Waals surface area contributed by atoms with E-state index in [4.69, 9.17) is 14.2 Å². The van der Waals surface area contributed by atoms with Crippen molar-refractivity contribution in [2.24, 2.45) is 17.8 Å².